The van der Waals surface area contributed by atoms with E-state index in [1.54, 1.807) is 0 Å². The monoisotopic (exact) mass is 293 g/mol. The molecule has 0 radical (unpaired) electrons. The van der Waals surface area contributed by atoms with Crippen molar-refractivity contribution in [3.63, 3.8) is 0 Å². The van der Waals surface area contributed by atoms with Crippen LogP contribution in [-0.2, 0) is 14.3 Å². The minimum atomic E-state index is -0.475. The molecule has 1 saturated heterocycles. The Hall–Kier alpha value is -0.850. The van der Waals surface area contributed by atoms with Crippen LogP contribution in [0, 0.1) is 5.92 Å². The summed E-state index contributed by atoms with van der Waals surface area (Å²) in [5, 5.41) is 3.22. The van der Waals surface area contributed by atoms with Crippen molar-refractivity contribution in [1.82, 2.24) is 10.2 Å². The fraction of sp³-hybridized carbons (Fsp3) is 0.833. The fourth-order valence-electron chi connectivity index (χ4n) is 1.97. The molecule has 2 amide bonds. The highest BCUT2D eigenvalue weighted by Crippen LogP contribution is 2.05. The van der Waals surface area contributed by atoms with E-state index >= 15 is 0 Å². The Labute approximate surface area is 120 Å². The summed E-state index contributed by atoms with van der Waals surface area (Å²) in [5.41, 5.74) is 5.17. The molecule has 0 saturated carbocycles. The molecular formula is C12H24ClN3O3. The topological polar surface area (TPSA) is 84.7 Å². The Kier molecular flexibility index (Phi) is 8.71. The van der Waals surface area contributed by atoms with Crippen LogP contribution in [0.5, 0.6) is 0 Å². The lowest BCUT2D eigenvalue weighted by atomic mass is 10.1. The summed E-state index contributed by atoms with van der Waals surface area (Å²) < 4.78 is 5.30. The molecule has 1 atom stereocenters. The molecule has 0 aromatic carbocycles. The molecular weight excluding hydrogens is 270 g/mol. The van der Waals surface area contributed by atoms with Crippen LogP contribution in [0.2, 0.25) is 0 Å². The number of rotatable bonds is 6. The van der Waals surface area contributed by atoms with Gasteiger partial charge < -0.3 is 20.7 Å². The Morgan fingerprint density at radius 1 is 1.47 bits per heavy atom. The molecule has 3 N–H and O–H groups in total. The Morgan fingerprint density at radius 2 is 2.16 bits per heavy atom. The van der Waals surface area contributed by atoms with Crippen LogP contribution in [0.3, 0.4) is 0 Å². The van der Waals surface area contributed by atoms with E-state index in [4.69, 9.17) is 10.5 Å². The number of hydrogen-bond acceptors (Lipinski definition) is 4. The quantitative estimate of drug-likeness (QED) is 0.708. The van der Waals surface area contributed by atoms with Crippen molar-refractivity contribution in [3.05, 3.63) is 0 Å². The Morgan fingerprint density at radius 3 is 2.63 bits per heavy atom. The molecule has 1 fully saturated rings. The predicted molar refractivity (Wildman–Crippen MR) is 75.1 cm³/mol. The smallest absolute Gasteiger partial charge is 0.237 e. The predicted octanol–water partition coefficient (Wildman–Crippen LogP) is -0.243. The summed E-state index contributed by atoms with van der Waals surface area (Å²) in [4.78, 5) is 24.6. The second kappa shape index (κ2) is 9.12. The molecule has 19 heavy (non-hydrogen) atoms. The normalized spacial score (nSPS) is 18.8. The lowest BCUT2D eigenvalue weighted by molar-refractivity contribution is -0.136. The maximum atomic E-state index is 12.1. The molecule has 0 aliphatic carbocycles. The van der Waals surface area contributed by atoms with E-state index in [1.165, 1.54) is 4.90 Å². The summed E-state index contributed by atoms with van der Waals surface area (Å²) >= 11 is 0. The number of primary amides is 1. The molecule has 112 valence electrons. The maximum Gasteiger partial charge on any atom is 0.237 e. The first-order valence-corrected chi connectivity index (χ1v) is 6.36. The standard InChI is InChI=1S/C12H23N3O3.ClH/c1-9(2)6-15(7-11(13)16)12(17)5-10-8-18-4-3-14-10;/h9-10,14H,3-8H2,1-2H3,(H2,13,16);1H. The number of carbonyl (C=O) groups excluding carboxylic acids is 2. The summed E-state index contributed by atoms with van der Waals surface area (Å²) in [6.07, 6.45) is 0.347. The van der Waals surface area contributed by atoms with Gasteiger partial charge in [-0.25, -0.2) is 0 Å². The summed E-state index contributed by atoms with van der Waals surface area (Å²) in [7, 11) is 0. The van der Waals surface area contributed by atoms with E-state index in [0.717, 1.165) is 6.54 Å². The molecule has 1 unspecified atom stereocenters. The summed E-state index contributed by atoms with van der Waals surface area (Å²) in [6.45, 7) is 6.53. The highest BCUT2D eigenvalue weighted by Gasteiger charge is 2.22. The zero-order valence-corrected chi connectivity index (χ0v) is 12.4. The van der Waals surface area contributed by atoms with Crippen LogP contribution >= 0.6 is 12.4 Å². The van der Waals surface area contributed by atoms with Crippen LogP contribution in [0.1, 0.15) is 20.3 Å². The van der Waals surface area contributed by atoms with Gasteiger partial charge in [-0.1, -0.05) is 13.8 Å². The van der Waals surface area contributed by atoms with E-state index in [-0.39, 0.29) is 30.9 Å². The van der Waals surface area contributed by atoms with Crippen molar-refractivity contribution in [2.45, 2.75) is 26.3 Å². The zero-order chi connectivity index (χ0) is 13.5. The van der Waals surface area contributed by atoms with Crippen molar-refractivity contribution in [1.29, 1.82) is 0 Å². The van der Waals surface area contributed by atoms with Gasteiger partial charge in [0.1, 0.15) is 0 Å². The number of nitrogens with one attached hydrogen (secondary N) is 1. The van der Waals surface area contributed by atoms with Gasteiger partial charge in [-0.15, -0.1) is 12.4 Å². The highest BCUT2D eigenvalue weighted by atomic mass is 35.5. The summed E-state index contributed by atoms with van der Waals surface area (Å²) in [6, 6.07) is 0.0359. The molecule has 0 bridgehead atoms. The Balaban J connectivity index is 0.00000324. The van der Waals surface area contributed by atoms with Crippen molar-refractivity contribution in [2.75, 3.05) is 32.8 Å². The maximum absolute atomic E-state index is 12.1. The van der Waals surface area contributed by atoms with Gasteiger partial charge in [0, 0.05) is 25.6 Å². The van der Waals surface area contributed by atoms with E-state index in [0.29, 0.717) is 32.1 Å². The number of morpholine rings is 1. The highest BCUT2D eigenvalue weighted by molar-refractivity contribution is 5.85. The van der Waals surface area contributed by atoms with Gasteiger partial charge in [0.2, 0.25) is 11.8 Å². The number of ether oxygens (including phenoxy) is 1. The number of hydrogen-bond donors (Lipinski definition) is 2. The molecule has 0 aromatic heterocycles. The van der Waals surface area contributed by atoms with Gasteiger partial charge in [-0.05, 0) is 5.92 Å². The van der Waals surface area contributed by atoms with Crippen molar-refractivity contribution >= 4 is 24.2 Å². The number of amides is 2. The number of nitrogens with zero attached hydrogens (tertiary/aromatic N) is 1. The lowest BCUT2D eigenvalue weighted by Gasteiger charge is -2.28. The van der Waals surface area contributed by atoms with Crippen LogP contribution in [0.4, 0.5) is 0 Å². The SMILES string of the molecule is CC(C)CN(CC(N)=O)C(=O)CC1COCCN1.Cl. The third-order valence-corrected chi connectivity index (χ3v) is 2.70. The average molecular weight is 294 g/mol. The number of carbonyl (C=O) groups is 2. The van der Waals surface area contributed by atoms with E-state index in [2.05, 4.69) is 5.32 Å². The van der Waals surface area contributed by atoms with Gasteiger partial charge in [0.15, 0.2) is 0 Å². The lowest BCUT2D eigenvalue weighted by Crippen LogP contribution is -2.47. The molecule has 7 heteroatoms. The zero-order valence-electron chi connectivity index (χ0n) is 11.6. The van der Waals surface area contributed by atoms with E-state index in [9.17, 15) is 9.59 Å². The van der Waals surface area contributed by atoms with E-state index in [1.807, 2.05) is 13.8 Å². The first-order chi connectivity index (χ1) is 8.49. The average Bonchev–Trinajstić information content (AvgIpc) is 2.28. The summed E-state index contributed by atoms with van der Waals surface area (Å²) in [5.74, 6) is -0.216. The minimum Gasteiger partial charge on any atom is -0.378 e. The Bertz CT molecular complexity index is 294. The second-order valence-corrected chi connectivity index (χ2v) is 5.06. The van der Waals surface area contributed by atoms with Crippen molar-refractivity contribution in [2.24, 2.45) is 11.7 Å². The molecule has 1 aliphatic heterocycles. The molecule has 1 aliphatic rings. The van der Waals surface area contributed by atoms with Crippen LogP contribution in [0.15, 0.2) is 0 Å². The van der Waals surface area contributed by atoms with Gasteiger partial charge in [-0.2, -0.15) is 0 Å². The van der Waals surface area contributed by atoms with Crippen LogP contribution < -0.4 is 11.1 Å². The van der Waals surface area contributed by atoms with Gasteiger partial charge in [-0.3, -0.25) is 9.59 Å². The van der Waals surface area contributed by atoms with Gasteiger partial charge in [0.25, 0.3) is 0 Å². The minimum absolute atomic E-state index is 0. The fourth-order valence-corrected chi connectivity index (χ4v) is 1.97. The third-order valence-electron chi connectivity index (χ3n) is 2.70. The van der Waals surface area contributed by atoms with Crippen molar-refractivity contribution < 1.29 is 14.3 Å². The molecule has 0 spiro atoms. The van der Waals surface area contributed by atoms with Gasteiger partial charge >= 0.3 is 0 Å². The molecule has 0 aromatic rings. The van der Waals surface area contributed by atoms with E-state index < -0.39 is 5.91 Å². The van der Waals surface area contributed by atoms with Gasteiger partial charge in [0.05, 0.1) is 19.8 Å². The number of halogens is 1. The second-order valence-electron chi connectivity index (χ2n) is 5.06. The van der Waals surface area contributed by atoms with Crippen molar-refractivity contribution in [3.8, 4) is 0 Å². The molecule has 1 heterocycles. The first-order valence-electron chi connectivity index (χ1n) is 6.36. The first kappa shape index (κ1) is 18.1. The largest absolute Gasteiger partial charge is 0.378 e. The molecule has 6 nitrogen and oxygen atoms in total. The molecule has 1 rings (SSSR count). The number of nitrogens with two attached hydrogens (primary N) is 1. The third kappa shape index (κ3) is 7.34. The van der Waals surface area contributed by atoms with Crippen LogP contribution in [-0.4, -0.2) is 55.6 Å². The van der Waals surface area contributed by atoms with Crippen LogP contribution in [0.25, 0.3) is 0 Å².